The summed E-state index contributed by atoms with van der Waals surface area (Å²) in [5.74, 6) is -0.0733. The number of carbonyl (C=O) groups is 2. The number of methoxy groups -OCH3 is 1. The highest BCUT2D eigenvalue weighted by Crippen LogP contribution is 2.13. The molecule has 0 saturated heterocycles. The number of Topliss-reactive ketones (excluding diaryl/α,β-unsaturated/α-hetero) is 1. The Hall–Kier alpha value is -2.53. The number of ether oxygens (including phenoxy) is 1. The standard InChI is InChI=1S/C21H26N2O3/c1-16-7-8-18(14-17(16)2)20(24)9-10-21(25)23(12-13-26-3)15-19-6-4-5-11-22-19/h4-8,11,14H,9-10,12-13,15H2,1-3H3. The van der Waals surface area contributed by atoms with E-state index in [0.717, 1.165) is 16.8 Å². The van der Waals surface area contributed by atoms with E-state index in [9.17, 15) is 9.59 Å². The predicted molar refractivity (Wildman–Crippen MR) is 101 cm³/mol. The van der Waals surface area contributed by atoms with Gasteiger partial charge in [-0.2, -0.15) is 0 Å². The fraction of sp³-hybridized carbons (Fsp3) is 0.381. The third kappa shape index (κ3) is 5.77. The lowest BCUT2D eigenvalue weighted by Crippen LogP contribution is -2.34. The maximum atomic E-state index is 12.6. The number of amides is 1. The first-order chi connectivity index (χ1) is 12.5. The van der Waals surface area contributed by atoms with E-state index >= 15 is 0 Å². The molecule has 0 spiro atoms. The predicted octanol–water partition coefficient (Wildman–Crippen LogP) is 3.34. The van der Waals surface area contributed by atoms with Crippen LogP contribution in [-0.4, -0.2) is 41.8 Å². The Morgan fingerprint density at radius 2 is 1.88 bits per heavy atom. The topological polar surface area (TPSA) is 59.5 Å². The lowest BCUT2D eigenvalue weighted by Gasteiger charge is -2.22. The average Bonchev–Trinajstić information content (AvgIpc) is 2.65. The first-order valence-electron chi connectivity index (χ1n) is 8.78. The van der Waals surface area contributed by atoms with Crippen LogP contribution in [0.1, 0.15) is 40.0 Å². The number of rotatable bonds is 9. The minimum Gasteiger partial charge on any atom is -0.383 e. The molecule has 1 amide bonds. The summed E-state index contributed by atoms with van der Waals surface area (Å²) in [6.45, 7) is 5.34. The molecule has 0 unspecified atom stereocenters. The normalized spacial score (nSPS) is 10.6. The number of benzene rings is 1. The van der Waals surface area contributed by atoms with E-state index in [0.29, 0.717) is 25.3 Å². The Labute approximate surface area is 155 Å². The Morgan fingerprint density at radius 1 is 1.08 bits per heavy atom. The zero-order valence-electron chi connectivity index (χ0n) is 15.7. The molecular weight excluding hydrogens is 328 g/mol. The van der Waals surface area contributed by atoms with E-state index < -0.39 is 0 Å². The minimum atomic E-state index is -0.0649. The Morgan fingerprint density at radius 3 is 2.54 bits per heavy atom. The van der Waals surface area contributed by atoms with Gasteiger partial charge in [0.05, 0.1) is 18.8 Å². The van der Waals surface area contributed by atoms with Crippen molar-refractivity contribution in [2.75, 3.05) is 20.3 Å². The average molecular weight is 354 g/mol. The van der Waals surface area contributed by atoms with Crippen LogP contribution in [0.4, 0.5) is 0 Å². The number of hydrogen-bond donors (Lipinski definition) is 0. The van der Waals surface area contributed by atoms with Crippen LogP contribution >= 0.6 is 0 Å². The van der Waals surface area contributed by atoms with Crippen molar-refractivity contribution in [3.05, 3.63) is 65.0 Å². The van der Waals surface area contributed by atoms with Gasteiger partial charge in [-0.15, -0.1) is 0 Å². The maximum absolute atomic E-state index is 12.6. The summed E-state index contributed by atoms with van der Waals surface area (Å²) in [7, 11) is 1.60. The quantitative estimate of drug-likeness (QED) is 0.648. The van der Waals surface area contributed by atoms with E-state index in [1.54, 1.807) is 18.2 Å². The number of ketones is 1. The molecule has 0 aliphatic rings. The third-order valence-electron chi connectivity index (χ3n) is 4.39. The van der Waals surface area contributed by atoms with Gasteiger partial charge in [-0.1, -0.05) is 18.2 Å². The lowest BCUT2D eigenvalue weighted by molar-refractivity contribution is -0.132. The largest absolute Gasteiger partial charge is 0.383 e. The van der Waals surface area contributed by atoms with Crippen molar-refractivity contribution in [2.45, 2.75) is 33.2 Å². The molecule has 0 bridgehead atoms. The fourth-order valence-electron chi connectivity index (χ4n) is 2.62. The van der Waals surface area contributed by atoms with Crippen LogP contribution in [0.25, 0.3) is 0 Å². The van der Waals surface area contributed by atoms with Crippen LogP contribution in [0, 0.1) is 13.8 Å². The molecular formula is C21H26N2O3. The van der Waals surface area contributed by atoms with Crippen LogP contribution < -0.4 is 0 Å². The maximum Gasteiger partial charge on any atom is 0.223 e. The SMILES string of the molecule is COCCN(Cc1ccccn1)C(=O)CCC(=O)c1ccc(C)c(C)c1. The van der Waals surface area contributed by atoms with Gasteiger partial charge in [0.1, 0.15) is 0 Å². The van der Waals surface area contributed by atoms with Crippen molar-refractivity contribution in [3.63, 3.8) is 0 Å². The summed E-state index contributed by atoms with van der Waals surface area (Å²) in [6.07, 6.45) is 2.09. The van der Waals surface area contributed by atoms with Gasteiger partial charge in [0, 0.05) is 38.3 Å². The molecule has 5 heteroatoms. The van der Waals surface area contributed by atoms with Crippen molar-refractivity contribution in [1.82, 2.24) is 9.88 Å². The molecule has 0 aliphatic carbocycles. The number of aryl methyl sites for hydroxylation is 2. The fourth-order valence-corrected chi connectivity index (χ4v) is 2.62. The smallest absolute Gasteiger partial charge is 0.223 e. The second-order valence-electron chi connectivity index (χ2n) is 6.35. The van der Waals surface area contributed by atoms with E-state index in [-0.39, 0.29) is 24.5 Å². The number of hydrogen-bond acceptors (Lipinski definition) is 4. The molecule has 0 N–H and O–H groups in total. The highest BCUT2D eigenvalue weighted by molar-refractivity contribution is 5.98. The van der Waals surface area contributed by atoms with Gasteiger partial charge in [0.25, 0.3) is 0 Å². The van der Waals surface area contributed by atoms with Gasteiger partial charge in [0.15, 0.2) is 5.78 Å². The summed E-state index contributed by atoms with van der Waals surface area (Å²) < 4.78 is 5.10. The Kier molecular flexibility index (Phi) is 7.48. The summed E-state index contributed by atoms with van der Waals surface area (Å²) in [4.78, 5) is 31.0. The number of carbonyl (C=O) groups excluding carboxylic acids is 2. The van der Waals surface area contributed by atoms with E-state index in [4.69, 9.17) is 4.74 Å². The summed E-state index contributed by atoms with van der Waals surface area (Å²) >= 11 is 0. The molecule has 1 aromatic heterocycles. The van der Waals surface area contributed by atoms with Crippen molar-refractivity contribution in [2.24, 2.45) is 0 Å². The van der Waals surface area contributed by atoms with Crippen molar-refractivity contribution >= 4 is 11.7 Å². The van der Waals surface area contributed by atoms with Crippen molar-refractivity contribution in [1.29, 1.82) is 0 Å². The molecule has 0 saturated carbocycles. The monoisotopic (exact) mass is 354 g/mol. The number of aromatic nitrogens is 1. The molecule has 1 heterocycles. The first-order valence-corrected chi connectivity index (χ1v) is 8.78. The molecule has 0 atom stereocenters. The van der Waals surface area contributed by atoms with Gasteiger partial charge in [0.2, 0.25) is 5.91 Å². The zero-order valence-corrected chi connectivity index (χ0v) is 15.7. The molecule has 0 fully saturated rings. The Bertz CT molecular complexity index is 744. The van der Waals surface area contributed by atoms with Gasteiger partial charge in [-0.25, -0.2) is 0 Å². The van der Waals surface area contributed by atoms with Gasteiger partial charge >= 0.3 is 0 Å². The van der Waals surface area contributed by atoms with Crippen LogP contribution in [0.3, 0.4) is 0 Å². The van der Waals surface area contributed by atoms with Crippen LogP contribution in [0.2, 0.25) is 0 Å². The van der Waals surface area contributed by atoms with Crippen molar-refractivity contribution < 1.29 is 14.3 Å². The molecule has 1 aromatic carbocycles. The molecule has 2 aromatic rings. The van der Waals surface area contributed by atoms with E-state index in [2.05, 4.69) is 4.98 Å². The minimum absolute atomic E-state index is 0.00835. The Balaban J connectivity index is 1.97. The molecule has 0 aliphatic heterocycles. The van der Waals surface area contributed by atoms with Gasteiger partial charge in [-0.05, 0) is 43.2 Å². The second kappa shape index (κ2) is 9.82. The zero-order chi connectivity index (χ0) is 18.9. The lowest BCUT2D eigenvalue weighted by atomic mass is 10.0. The van der Waals surface area contributed by atoms with Gasteiger partial charge < -0.3 is 9.64 Å². The number of pyridine rings is 1. The first kappa shape index (κ1) is 19.8. The highest BCUT2D eigenvalue weighted by atomic mass is 16.5. The molecule has 5 nitrogen and oxygen atoms in total. The molecule has 2 rings (SSSR count). The van der Waals surface area contributed by atoms with E-state index in [1.807, 2.05) is 50.2 Å². The van der Waals surface area contributed by atoms with Gasteiger partial charge in [-0.3, -0.25) is 14.6 Å². The van der Waals surface area contributed by atoms with Crippen molar-refractivity contribution in [3.8, 4) is 0 Å². The summed E-state index contributed by atoms with van der Waals surface area (Å²) in [5, 5.41) is 0. The molecule has 26 heavy (non-hydrogen) atoms. The summed E-state index contributed by atoms with van der Waals surface area (Å²) in [6, 6.07) is 11.3. The van der Waals surface area contributed by atoms with Crippen LogP contribution in [0.15, 0.2) is 42.6 Å². The highest BCUT2D eigenvalue weighted by Gasteiger charge is 2.17. The molecule has 0 radical (unpaired) electrons. The second-order valence-corrected chi connectivity index (χ2v) is 6.35. The molecule has 138 valence electrons. The van der Waals surface area contributed by atoms with Crippen LogP contribution in [-0.2, 0) is 16.1 Å². The third-order valence-corrected chi connectivity index (χ3v) is 4.39. The van der Waals surface area contributed by atoms with E-state index in [1.165, 1.54) is 0 Å². The summed E-state index contributed by atoms with van der Waals surface area (Å²) in [5.41, 5.74) is 3.71. The van der Waals surface area contributed by atoms with Crippen LogP contribution in [0.5, 0.6) is 0 Å². The number of nitrogens with zero attached hydrogens (tertiary/aromatic N) is 2.